The molecule has 0 aliphatic rings. The molecule has 1 aromatic heterocycles. The Balaban J connectivity index is 1.85. The van der Waals surface area contributed by atoms with Crippen LogP contribution in [0, 0.1) is 0 Å². The number of nitrogens with zero attached hydrogens (tertiary/aromatic N) is 1. The quantitative estimate of drug-likeness (QED) is 0.934. The van der Waals surface area contributed by atoms with Crippen LogP contribution in [0.3, 0.4) is 0 Å². The van der Waals surface area contributed by atoms with Gasteiger partial charge < -0.3 is 5.32 Å². The number of aromatic nitrogens is 1. The Morgan fingerprint density at radius 3 is 2.24 bits per heavy atom. The van der Waals surface area contributed by atoms with Crippen LogP contribution in [0.25, 0.3) is 0 Å². The molecule has 1 amide bonds. The molecule has 0 radical (unpaired) electrons. The molecule has 0 unspecified atom stereocenters. The molecule has 0 bridgehead atoms. The molecule has 110 valence electrons. The van der Waals surface area contributed by atoms with E-state index in [1.54, 1.807) is 24.5 Å². The highest BCUT2D eigenvalue weighted by atomic mass is 16.1. The first-order valence-electron chi connectivity index (χ1n) is 7.24. The standard InChI is InChI=1S/C18H22N2O/c1-18(2,3)16-6-4-14(5-7-16)8-13-20-17(21)15-9-11-19-12-10-15/h4-7,9-12H,8,13H2,1-3H3,(H,20,21). The summed E-state index contributed by atoms with van der Waals surface area (Å²) in [6.45, 7) is 7.25. The highest BCUT2D eigenvalue weighted by molar-refractivity contribution is 5.93. The molecule has 3 heteroatoms. The maximum Gasteiger partial charge on any atom is 0.251 e. The average Bonchev–Trinajstić information content (AvgIpc) is 2.47. The summed E-state index contributed by atoms with van der Waals surface area (Å²) in [5, 5.41) is 2.93. The molecule has 0 atom stereocenters. The summed E-state index contributed by atoms with van der Waals surface area (Å²) in [5.41, 5.74) is 3.38. The van der Waals surface area contributed by atoms with Gasteiger partial charge in [0.1, 0.15) is 0 Å². The van der Waals surface area contributed by atoms with E-state index < -0.39 is 0 Å². The molecule has 3 nitrogen and oxygen atoms in total. The zero-order valence-corrected chi connectivity index (χ0v) is 12.9. The lowest BCUT2D eigenvalue weighted by atomic mass is 9.86. The van der Waals surface area contributed by atoms with E-state index in [0.717, 1.165) is 6.42 Å². The van der Waals surface area contributed by atoms with Crippen molar-refractivity contribution in [1.82, 2.24) is 10.3 Å². The van der Waals surface area contributed by atoms with Crippen LogP contribution in [0.1, 0.15) is 42.3 Å². The van der Waals surface area contributed by atoms with Gasteiger partial charge in [0, 0.05) is 24.5 Å². The monoisotopic (exact) mass is 282 g/mol. The summed E-state index contributed by atoms with van der Waals surface area (Å²) >= 11 is 0. The predicted molar refractivity (Wildman–Crippen MR) is 85.4 cm³/mol. The molecule has 2 rings (SSSR count). The van der Waals surface area contributed by atoms with Gasteiger partial charge >= 0.3 is 0 Å². The average molecular weight is 282 g/mol. The van der Waals surface area contributed by atoms with Crippen LogP contribution in [0.15, 0.2) is 48.8 Å². The summed E-state index contributed by atoms with van der Waals surface area (Å²) in [4.78, 5) is 15.8. The highest BCUT2D eigenvalue weighted by Crippen LogP contribution is 2.22. The summed E-state index contributed by atoms with van der Waals surface area (Å²) in [6.07, 6.45) is 4.08. The van der Waals surface area contributed by atoms with Crippen molar-refractivity contribution < 1.29 is 4.79 Å². The third kappa shape index (κ3) is 4.42. The van der Waals surface area contributed by atoms with Crippen molar-refractivity contribution in [3.05, 3.63) is 65.5 Å². The van der Waals surface area contributed by atoms with E-state index in [1.807, 2.05) is 0 Å². The van der Waals surface area contributed by atoms with E-state index in [1.165, 1.54) is 11.1 Å². The second-order valence-corrected chi connectivity index (χ2v) is 6.19. The second kappa shape index (κ2) is 6.53. The van der Waals surface area contributed by atoms with Crippen molar-refractivity contribution in [1.29, 1.82) is 0 Å². The number of nitrogens with one attached hydrogen (secondary N) is 1. The minimum absolute atomic E-state index is 0.0521. The molecule has 0 saturated heterocycles. The molecule has 1 aromatic carbocycles. The van der Waals surface area contributed by atoms with E-state index in [-0.39, 0.29) is 11.3 Å². The van der Waals surface area contributed by atoms with Crippen LogP contribution in [0.4, 0.5) is 0 Å². The lowest BCUT2D eigenvalue weighted by molar-refractivity contribution is 0.0954. The Hall–Kier alpha value is -2.16. The number of pyridine rings is 1. The number of amides is 1. The Kier molecular flexibility index (Phi) is 4.73. The van der Waals surface area contributed by atoms with Gasteiger partial charge in [0.2, 0.25) is 0 Å². The van der Waals surface area contributed by atoms with Gasteiger partial charge in [-0.2, -0.15) is 0 Å². The number of rotatable bonds is 4. The van der Waals surface area contributed by atoms with Crippen LogP contribution in [-0.2, 0) is 11.8 Å². The van der Waals surface area contributed by atoms with E-state index in [2.05, 4.69) is 55.3 Å². The molecule has 0 fully saturated rings. The van der Waals surface area contributed by atoms with Gasteiger partial charge in [0.05, 0.1) is 0 Å². The van der Waals surface area contributed by atoms with E-state index >= 15 is 0 Å². The number of hydrogen-bond acceptors (Lipinski definition) is 2. The second-order valence-electron chi connectivity index (χ2n) is 6.19. The first-order chi connectivity index (χ1) is 9.97. The first-order valence-corrected chi connectivity index (χ1v) is 7.24. The molecular formula is C18H22N2O. The molecule has 21 heavy (non-hydrogen) atoms. The van der Waals surface area contributed by atoms with Crippen LogP contribution in [0.5, 0.6) is 0 Å². The zero-order valence-electron chi connectivity index (χ0n) is 12.9. The van der Waals surface area contributed by atoms with Gasteiger partial charge in [-0.15, -0.1) is 0 Å². The minimum Gasteiger partial charge on any atom is -0.352 e. The van der Waals surface area contributed by atoms with Gasteiger partial charge in [0.25, 0.3) is 5.91 Å². The van der Waals surface area contributed by atoms with Crippen LogP contribution >= 0.6 is 0 Å². The number of carbonyl (C=O) groups is 1. The largest absolute Gasteiger partial charge is 0.352 e. The third-order valence-corrected chi connectivity index (χ3v) is 3.46. The van der Waals surface area contributed by atoms with Crippen molar-refractivity contribution in [3.8, 4) is 0 Å². The minimum atomic E-state index is -0.0521. The normalized spacial score (nSPS) is 11.2. The fourth-order valence-corrected chi connectivity index (χ4v) is 2.10. The number of carbonyl (C=O) groups excluding carboxylic acids is 1. The Labute approximate surface area is 126 Å². The maximum atomic E-state index is 11.9. The van der Waals surface area contributed by atoms with Crippen molar-refractivity contribution in [2.24, 2.45) is 0 Å². The van der Waals surface area contributed by atoms with Gasteiger partial charge in [-0.3, -0.25) is 9.78 Å². The molecule has 1 N–H and O–H groups in total. The Bertz CT molecular complexity index is 583. The van der Waals surface area contributed by atoms with Crippen molar-refractivity contribution in [3.63, 3.8) is 0 Å². The van der Waals surface area contributed by atoms with E-state index in [9.17, 15) is 4.79 Å². The fourth-order valence-electron chi connectivity index (χ4n) is 2.10. The Morgan fingerprint density at radius 2 is 1.67 bits per heavy atom. The maximum absolute atomic E-state index is 11.9. The van der Waals surface area contributed by atoms with Gasteiger partial charge in [0.15, 0.2) is 0 Å². The first kappa shape index (κ1) is 15.2. The zero-order chi connectivity index (χ0) is 15.3. The smallest absolute Gasteiger partial charge is 0.251 e. The predicted octanol–water partition coefficient (Wildman–Crippen LogP) is 3.35. The number of benzene rings is 1. The molecule has 2 aromatic rings. The molecule has 1 heterocycles. The van der Waals surface area contributed by atoms with Gasteiger partial charge in [-0.25, -0.2) is 0 Å². The van der Waals surface area contributed by atoms with Gasteiger partial charge in [-0.05, 0) is 35.1 Å². The van der Waals surface area contributed by atoms with Crippen molar-refractivity contribution in [2.45, 2.75) is 32.6 Å². The third-order valence-electron chi connectivity index (χ3n) is 3.46. The molecule has 0 saturated carbocycles. The fraction of sp³-hybridized carbons (Fsp3) is 0.333. The Morgan fingerprint density at radius 1 is 1.05 bits per heavy atom. The summed E-state index contributed by atoms with van der Waals surface area (Å²) in [7, 11) is 0. The van der Waals surface area contributed by atoms with Crippen molar-refractivity contribution >= 4 is 5.91 Å². The summed E-state index contributed by atoms with van der Waals surface area (Å²) < 4.78 is 0. The molecule has 0 aliphatic carbocycles. The lowest BCUT2D eigenvalue weighted by Crippen LogP contribution is -2.25. The van der Waals surface area contributed by atoms with Crippen molar-refractivity contribution in [2.75, 3.05) is 6.54 Å². The topological polar surface area (TPSA) is 42.0 Å². The van der Waals surface area contributed by atoms with Crippen LogP contribution in [0.2, 0.25) is 0 Å². The van der Waals surface area contributed by atoms with E-state index in [4.69, 9.17) is 0 Å². The number of hydrogen-bond donors (Lipinski definition) is 1. The van der Waals surface area contributed by atoms with Crippen LogP contribution < -0.4 is 5.32 Å². The summed E-state index contributed by atoms with van der Waals surface area (Å²) in [5.74, 6) is -0.0521. The highest BCUT2D eigenvalue weighted by Gasteiger charge is 2.12. The molecular weight excluding hydrogens is 260 g/mol. The summed E-state index contributed by atoms with van der Waals surface area (Å²) in [6, 6.07) is 12.0. The van der Waals surface area contributed by atoms with E-state index in [0.29, 0.717) is 12.1 Å². The molecule has 0 spiro atoms. The van der Waals surface area contributed by atoms with Crippen LogP contribution in [-0.4, -0.2) is 17.4 Å². The lowest BCUT2D eigenvalue weighted by Gasteiger charge is -2.19. The van der Waals surface area contributed by atoms with Gasteiger partial charge in [-0.1, -0.05) is 45.0 Å². The SMILES string of the molecule is CC(C)(C)c1ccc(CCNC(=O)c2ccncc2)cc1. The molecule has 0 aliphatic heterocycles.